The lowest BCUT2D eigenvalue weighted by molar-refractivity contribution is 0.238. The average Bonchev–Trinajstić information content (AvgIpc) is 2.46. The first-order valence-corrected chi connectivity index (χ1v) is 8.33. The van der Waals surface area contributed by atoms with Gasteiger partial charge in [-0.05, 0) is 72.0 Å². The zero-order valence-corrected chi connectivity index (χ0v) is 14.0. The summed E-state index contributed by atoms with van der Waals surface area (Å²) in [4.78, 5) is 5.12. The minimum atomic E-state index is 0.703. The minimum absolute atomic E-state index is 0.703. The van der Waals surface area contributed by atoms with Crippen LogP contribution in [0.1, 0.15) is 53.4 Å². The van der Waals surface area contributed by atoms with Crippen LogP contribution in [0.15, 0.2) is 0 Å². The summed E-state index contributed by atoms with van der Waals surface area (Å²) >= 11 is 0. The molecule has 3 nitrogen and oxygen atoms in total. The van der Waals surface area contributed by atoms with Crippen molar-refractivity contribution in [1.82, 2.24) is 15.1 Å². The standard InChI is InChI=1S/C16H37N3/c1-6-16(17-5)12-10-13-19(9-4)15-11-14-18(7-2)8-3/h16-17H,6-15H2,1-5H3. The van der Waals surface area contributed by atoms with Gasteiger partial charge in [-0.15, -0.1) is 0 Å². The van der Waals surface area contributed by atoms with E-state index in [1.54, 1.807) is 0 Å². The fourth-order valence-electron chi connectivity index (χ4n) is 2.60. The van der Waals surface area contributed by atoms with Gasteiger partial charge in [0, 0.05) is 6.04 Å². The highest BCUT2D eigenvalue weighted by Gasteiger charge is 2.06. The van der Waals surface area contributed by atoms with E-state index in [4.69, 9.17) is 0 Å². The van der Waals surface area contributed by atoms with Crippen LogP contribution < -0.4 is 5.32 Å². The molecule has 1 N–H and O–H groups in total. The van der Waals surface area contributed by atoms with Crippen LogP contribution in [0, 0.1) is 0 Å². The lowest BCUT2D eigenvalue weighted by Gasteiger charge is -2.24. The number of nitrogens with zero attached hydrogens (tertiary/aromatic N) is 2. The Kier molecular flexibility index (Phi) is 12.8. The molecule has 0 rings (SSSR count). The Morgan fingerprint density at radius 2 is 1.32 bits per heavy atom. The predicted molar refractivity (Wildman–Crippen MR) is 86.9 cm³/mol. The maximum atomic E-state index is 3.39. The highest BCUT2D eigenvalue weighted by molar-refractivity contribution is 4.65. The van der Waals surface area contributed by atoms with E-state index in [1.165, 1.54) is 65.0 Å². The van der Waals surface area contributed by atoms with Gasteiger partial charge in [0.25, 0.3) is 0 Å². The molecule has 0 radical (unpaired) electrons. The summed E-state index contributed by atoms with van der Waals surface area (Å²) in [6.07, 6.45) is 5.17. The van der Waals surface area contributed by atoms with E-state index in [0.717, 1.165) is 0 Å². The number of nitrogens with one attached hydrogen (secondary N) is 1. The Morgan fingerprint density at radius 3 is 1.79 bits per heavy atom. The van der Waals surface area contributed by atoms with Crippen molar-refractivity contribution >= 4 is 0 Å². The maximum absolute atomic E-state index is 3.39. The summed E-state index contributed by atoms with van der Waals surface area (Å²) < 4.78 is 0. The summed E-state index contributed by atoms with van der Waals surface area (Å²) in [5, 5.41) is 3.39. The first kappa shape index (κ1) is 18.9. The van der Waals surface area contributed by atoms with Gasteiger partial charge in [0.15, 0.2) is 0 Å². The van der Waals surface area contributed by atoms with Gasteiger partial charge < -0.3 is 15.1 Å². The van der Waals surface area contributed by atoms with Gasteiger partial charge in [-0.1, -0.05) is 27.7 Å². The van der Waals surface area contributed by atoms with E-state index < -0.39 is 0 Å². The first-order chi connectivity index (χ1) is 9.21. The second-order valence-electron chi connectivity index (χ2n) is 5.35. The molecule has 0 amide bonds. The molecular weight excluding hydrogens is 234 g/mol. The van der Waals surface area contributed by atoms with Gasteiger partial charge in [0.1, 0.15) is 0 Å². The predicted octanol–water partition coefficient (Wildman–Crippen LogP) is 2.82. The van der Waals surface area contributed by atoms with E-state index >= 15 is 0 Å². The molecule has 0 saturated heterocycles. The number of hydrogen-bond donors (Lipinski definition) is 1. The molecule has 3 heteroatoms. The Bertz CT molecular complexity index is 159. The van der Waals surface area contributed by atoms with Crippen molar-refractivity contribution in [3.05, 3.63) is 0 Å². The zero-order valence-electron chi connectivity index (χ0n) is 14.0. The van der Waals surface area contributed by atoms with Crippen LogP contribution in [-0.4, -0.2) is 62.2 Å². The molecule has 0 aliphatic carbocycles. The molecule has 0 heterocycles. The molecule has 0 fully saturated rings. The average molecular weight is 271 g/mol. The summed E-state index contributed by atoms with van der Waals surface area (Å²) in [7, 11) is 2.08. The topological polar surface area (TPSA) is 18.5 Å². The molecule has 0 saturated carbocycles. The molecule has 0 aliphatic rings. The van der Waals surface area contributed by atoms with Crippen LogP contribution in [0.3, 0.4) is 0 Å². The Balaban J connectivity index is 3.70. The summed E-state index contributed by atoms with van der Waals surface area (Å²) in [5.74, 6) is 0. The Hall–Kier alpha value is -0.120. The normalized spacial score (nSPS) is 13.4. The van der Waals surface area contributed by atoms with Crippen LogP contribution >= 0.6 is 0 Å². The largest absolute Gasteiger partial charge is 0.317 e. The van der Waals surface area contributed by atoms with Crippen molar-refractivity contribution in [2.75, 3.05) is 46.3 Å². The molecule has 0 spiro atoms. The highest BCUT2D eigenvalue weighted by atomic mass is 15.1. The minimum Gasteiger partial charge on any atom is -0.317 e. The summed E-state index contributed by atoms with van der Waals surface area (Å²) in [6, 6.07) is 0.703. The van der Waals surface area contributed by atoms with Gasteiger partial charge in [-0.2, -0.15) is 0 Å². The van der Waals surface area contributed by atoms with Gasteiger partial charge in [0.2, 0.25) is 0 Å². The van der Waals surface area contributed by atoms with Gasteiger partial charge in [-0.3, -0.25) is 0 Å². The molecule has 1 atom stereocenters. The quantitative estimate of drug-likeness (QED) is 0.556. The van der Waals surface area contributed by atoms with E-state index in [-0.39, 0.29) is 0 Å². The monoisotopic (exact) mass is 271 g/mol. The summed E-state index contributed by atoms with van der Waals surface area (Å²) in [6.45, 7) is 16.4. The molecule has 0 aromatic rings. The smallest absolute Gasteiger partial charge is 0.00619 e. The lowest BCUT2D eigenvalue weighted by atomic mass is 10.1. The van der Waals surface area contributed by atoms with Crippen molar-refractivity contribution < 1.29 is 0 Å². The Labute approximate surface area is 121 Å². The van der Waals surface area contributed by atoms with Gasteiger partial charge in [0.05, 0.1) is 0 Å². The summed E-state index contributed by atoms with van der Waals surface area (Å²) in [5.41, 5.74) is 0. The molecule has 0 bridgehead atoms. The van der Waals surface area contributed by atoms with Crippen molar-refractivity contribution in [2.24, 2.45) is 0 Å². The van der Waals surface area contributed by atoms with Crippen molar-refractivity contribution in [1.29, 1.82) is 0 Å². The van der Waals surface area contributed by atoms with Gasteiger partial charge >= 0.3 is 0 Å². The van der Waals surface area contributed by atoms with Crippen molar-refractivity contribution in [3.8, 4) is 0 Å². The van der Waals surface area contributed by atoms with E-state index in [9.17, 15) is 0 Å². The van der Waals surface area contributed by atoms with Crippen LogP contribution in [-0.2, 0) is 0 Å². The van der Waals surface area contributed by atoms with Crippen molar-refractivity contribution in [3.63, 3.8) is 0 Å². The first-order valence-electron chi connectivity index (χ1n) is 8.33. The Morgan fingerprint density at radius 1 is 0.789 bits per heavy atom. The second kappa shape index (κ2) is 12.9. The molecule has 0 aromatic heterocycles. The second-order valence-corrected chi connectivity index (χ2v) is 5.35. The van der Waals surface area contributed by atoms with Crippen LogP contribution in [0.4, 0.5) is 0 Å². The fraction of sp³-hybridized carbons (Fsp3) is 1.00. The third kappa shape index (κ3) is 9.42. The van der Waals surface area contributed by atoms with Crippen LogP contribution in [0.5, 0.6) is 0 Å². The van der Waals surface area contributed by atoms with E-state index in [0.29, 0.717) is 6.04 Å². The molecule has 116 valence electrons. The molecule has 0 aromatic carbocycles. The van der Waals surface area contributed by atoms with E-state index in [1.807, 2.05) is 0 Å². The molecular formula is C16H37N3. The van der Waals surface area contributed by atoms with Crippen LogP contribution in [0.25, 0.3) is 0 Å². The molecule has 0 aliphatic heterocycles. The SMILES string of the molecule is CCC(CCCN(CC)CCCN(CC)CC)NC. The number of rotatable bonds is 13. The number of hydrogen-bond acceptors (Lipinski definition) is 3. The highest BCUT2D eigenvalue weighted by Crippen LogP contribution is 2.04. The third-order valence-corrected chi connectivity index (χ3v) is 4.22. The van der Waals surface area contributed by atoms with Gasteiger partial charge in [-0.25, -0.2) is 0 Å². The van der Waals surface area contributed by atoms with Crippen LogP contribution in [0.2, 0.25) is 0 Å². The fourth-order valence-corrected chi connectivity index (χ4v) is 2.60. The maximum Gasteiger partial charge on any atom is 0.00619 e. The lowest BCUT2D eigenvalue weighted by Crippen LogP contribution is -2.31. The zero-order chi connectivity index (χ0) is 14.5. The molecule has 1 unspecified atom stereocenters. The third-order valence-electron chi connectivity index (χ3n) is 4.22. The van der Waals surface area contributed by atoms with E-state index in [2.05, 4.69) is 49.9 Å². The molecule has 19 heavy (non-hydrogen) atoms. The van der Waals surface area contributed by atoms with Crippen molar-refractivity contribution in [2.45, 2.75) is 59.4 Å².